The molecular formula is C21H24FNO. The molecule has 2 nitrogen and oxygen atoms in total. The molecule has 0 aromatic heterocycles. The smallest absolute Gasteiger partial charge is 0.140 e. The van der Waals surface area contributed by atoms with Gasteiger partial charge < -0.3 is 0 Å². The monoisotopic (exact) mass is 325 g/mol. The first kappa shape index (κ1) is 16.8. The van der Waals surface area contributed by atoms with Crippen LogP contribution in [0.2, 0.25) is 0 Å². The van der Waals surface area contributed by atoms with E-state index in [1.165, 1.54) is 11.6 Å². The molecule has 0 radical (unpaired) electrons. The van der Waals surface area contributed by atoms with Gasteiger partial charge in [0.15, 0.2) is 0 Å². The van der Waals surface area contributed by atoms with E-state index >= 15 is 0 Å². The van der Waals surface area contributed by atoms with Gasteiger partial charge in [-0.05, 0) is 36.1 Å². The largest absolute Gasteiger partial charge is 0.299 e. The van der Waals surface area contributed by atoms with E-state index in [0.717, 1.165) is 26.1 Å². The number of Topliss-reactive ketones (excluding diaryl/α,β-unsaturated/α-hetero) is 1. The number of nitrogens with zero attached hydrogens (tertiary/aromatic N) is 1. The van der Waals surface area contributed by atoms with Crippen molar-refractivity contribution in [1.82, 2.24) is 4.90 Å². The third-order valence-corrected chi connectivity index (χ3v) is 4.97. The molecule has 0 aliphatic carbocycles. The summed E-state index contributed by atoms with van der Waals surface area (Å²) in [6.07, 6.45) is 1.07. The van der Waals surface area contributed by atoms with E-state index in [0.29, 0.717) is 11.5 Å². The Labute approximate surface area is 143 Å². The number of halogens is 1. The van der Waals surface area contributed by atoms with Gasteiger partial charge in [-0.3, -0.25) is 9.69 Å². The summed E-state index contributed by atoms with van der Waals surface area (Å²) in [5.74, 6) is 0.241. The number of carbonyl (C=O) groups excluding carboxylic acids is 1. The highest BCUT2D eigenvalue weighted by molar-refractivity contribution is 5.83. The molecular weight excluding hydrogens is 301 g/mol. The van der Waals surface area contributed by atoms with Gasteiger partial charge in [0.2, 0.25) is 0 Å². The molecule has 24 heavy (non-hydrogen) atoms. The van der Waals surface area contributed by atoms with Gasteiger partial charge in [-0.25, -0.2) is 4.39 Å². The van der Waals surface area contributed by atoms with Crippen LogP contribution in [0.5, 0.6) is 0 Å². The van der Waals surface area contributed by atoms with Crippen LogP contribution in [-0.2, 0) is 17.8 Å². The van der Waals surface area contributed by atoms with E-state index in [9.17, 15) is 9.18 Å². The Morgan fingerprint density at radius 3 is 2.54 bits per heavy atom. The summed E-state index contributed by atoms with van der Waals surface area (Å²) in [6, 6.07) is 17.0. The maximum atomic E-state index is 13.8. The van der Waals surface area contributed by atoms with Crippen LogP contribution in [-0.4, -0.2) is 23.8 Å². The maximum absolute atomic E-state index is 13.8. The van der Waals surface area contributed by atoms with E-state index in [-0.39, 0.29) is 23.9 Å². The molecule has 1 aliphatic rings. The van der Waals surface area contributed by atoms with Crippen LogP contribution in [0.1, 0.15) is 24.5 Å². The summed E-state index contributed by atoms with van der Waals surface area (Å²) in [6.45, 7) is 4.91. The Bertz CT molecular complexity index is 685. The molecule has 0 N–H and O–H groups in total. The van der Waals surface area contributed by atoms with Gasteiger partial charge in [0.05, 0.1) is 0 Å². The number of piperidine rings is 1. The van der Waals surface area contributed by atoms with Crippen LogP contribution in [0.15, 0.2) is 54.6 Å². The number of hydrogen-bond donors (Lipinski definition) is 0. The lowest BCUT2D eigenvalue weighted by molar-refractivity contribution is -0.125. The Morgan fingerprint density at radius 1 is 1.12 bits per heavy atom. The number of rotatable bonds is 5. The van der Waals surface area contributed by atoms with E-state index in [1.807, 2.05) is 6.07 Å². The molecule has 0 spiro atoms. The molecule has 2 aromatic rings. The molecule has 1 fully saturated rings. The Kier molecular flexibility index (Phi) is 5.41. The zero-order valence-electron chi connectivity index (χ0n) is 14.1. The summed E-state index contributed by atoms with van der Waals surface area (Å²) >= 11 is 0. The Morgan fingerprint density at radius 2 is 1.83 bits per heavy atom. The van der Waals surface area contributed by atoms with Crippen LogP contribution in [0.25, 0.3) is 0 Å². The van der Waals surface area contributed by atoms with E-state index < -0.39 is 0 Å². The van der Waals surface area contributed by atoms with Crippen molar-refractivity contribution in [3.05, 3.63) is 71.5 Å². The number of carbonyl (C=O) groups is 1. The lowest BCUT2D eigenvalue weighted by Gasteiger charge is -2.36. The molecule has 1 heterocycles. The standard InChI is InChI=1S/C21H24FNO/c1-16-14-23(15-17-7-3-2-4-8-17)12-11-19(16)21(24)13-18-9-5-6-10-20(18)22/h2-10,16,19H,11-15H2,1H3/t16-,19-/m1/s1. The van der Waals surface area contributed by atoms with E-state index in [2.05, 4.69) is 36.1 Å². The fourth-order valence-corrected chi connectivity index (χ4v) is 3.66. The van der Waals surface area contributed by atoms with Gasteiger partial charge in [-0.2, -0.15) is 0 Å². The van der Waals surface area contributed by atoms with Crippen molar-refractivity contribution in [1.29, 1.82) is 0 Å². The number of hydrogen-bond acceptors (Lipinski definition) is 2. The highest BCUT2D eigenvalue weighted by Crippen LogP contribution is 2.26. The van der Waals surface area contributed by atoms with Gasteiger partial charge in [0.1, 0.15) is 11.6 Å². The van der Waals surface area contributed by atoms with Crippen LogP contribution in [0, 0.1) is 17.7 Å². The number of benzene rings is 2. The quantitative estimate of drug-likeness (QED) is 0.825. The summed E-state index contributed by atoms with van der Waals surface area (Å²) in [5.41, 5.74) is 1.82. The van der Waals surface area contributed by atoms with E-state index in [4.69, 9.17) is 0 Å². The second-order valence-electron chi connectivity index (χ2n) is 6.83. The molecule has 0 saturated carbocycles. The summed E-state index contributed by atoms with van der Waals surface area (Å²) in [7, 11) is 0. The minimum absolute atomic E-state index is 0.0385. The Hall–Kier alpha value is -2.00. The van der Waals surface area contributed by atoms with Gasteiger partial charge in [-0.1, -0.05) is 55.5 Å². The van der Waals surface area contributed by atoms with Crippen LogP contribution in [0.4, 0.5) is 4.39 Å². The molecule has 126 valence electrons. The van der Waals surface area contributed by atoms with E-state index in [1.54, 1.807) is 18.2 Å². The summed E-state index contributed by atoms with van der Waals surface area (Å²) < 4.78 is 13.8. The predicted octanol–water partition coefficient (Wildman–Crippen LogP) is 4.10. The lowest BCUT2D eigenvalue weighted by atomic mass is 9.81. The molecule has 3 heteroatoms. The van der Waals surface area contributed by atoms with Crippen molar-refractivity contribution in [3.8, 4) is 0 Å². The van der Waals surface area contributed by atoms with Crippen molar-refractivity contribution in [2.24, 2.45) is 11.8 Å². The van der Waals surface area contributed by atoms with Crippen molar-refractivity contribution < 1.29 is 9.18 Å². The van der Waals surface area contributed by atoms with Crippen LogP contribution in [0.3, 0.4) is 0 Å². The third-order valence-electron chi connectivity index (χ3n) is 4.97. The Balaban J connectivity index is 1.57. The molecule has 1 saturated heterocycles. The maximum Gasteiger partial charge on any atom is 0.140 e. The van der Waals surface area contributed by atoms with Crippen molar-refractivity contribution >= 4 is 5.78 Å². The third kappa shape index (κ3) is 4.09. The molecule has 1 aliphatic heterocycles. The van der Waals surface area contributed by atoms with Gasteiger partial charge in [-0.15, -0.1) is 0 Å². The highest BCUT2D eigenvalue weighted by atomic mass is 19.1. The molecule has 3 rings (SSSR count). The molecule has 0 unspecified atom stereocenters. The molecule has 2 atom stereocenters. The second-order valence-corrected chi connectivity index (χ2v) is 6.83. The molecule has 0 amide bonds. The highest BCUT2D eigenvalue weighted by Gasteiger charge is 2.31. The van der Waals surface area contributed by atoms with Gasteiger partial charge in [0.25, 0.3) is 0 Å². The first-order chi connectivity index (χ1) is 11.6. The normalized spacial score (nSPS) is 21.6. The first-order valence-corrected chi connectivity index (χ1v) is 8.66. The van der Waals surface area contributed by atoms with Crippen LogP contribution < -0.4 is 0 Å². The minimum Gasteiger partial charge on any atom is -0.299 e. The zero-order chi connectivity index (χ0) is 16.9. The second kappa shape index (κ2) is 7.71. The molecule has 2 aromatic carbocycles. The van der Waals surface area contributed by atoms with Crippen molar-refractivity contribution in [3.63, 3.8) is 0 Å². The summed E-state index contributed by atoms with van der Waals surface area (Å²) in [4.78, 5) is 15.0. The average molecular weight is 325 g/mol. The fraction of sp³-hybridized carbons (Fsp3) is 0.381. The average Bonchev–Trinajstić information content (AvgIpc) is 2.58. The van der Waals surface area contributed by atoms with Crippen LogP contribution >= 0.6 is 0 Å². The zero-order valence-corrected chi connectivity index (χ0v) is 14.1. The van der Waals surface area contributed by atoms with Gasteiger partial charge in [0, 0.05) is 25.4 Å². The predicted molar refractivity (Wildman–Crippen MR) is 94.1 cm³/mol. The minimum atomic E-state index is -0.278. The first-order valence-electron chi connectivity index (χ1n) is 8.66. The SMILES string of the molecule is C[C@@H]1CN(Cc2ccccc2)CC[C@H]1C(=O)Cc1ccccc1F. The topological polar surface area (TPSA) is 20.3 Å². The van der Waals surface area contributed by atoms with Gasteiger partial charge >= 0.3 is 0 Å². The summed E-state index contributed by atoms with van der Waals surface area (Å²) in [5, 5.41) is 0. The molecule has 0 bridgehead atoms. The van der Waals surface area contributed by atoms with Crippen molar-refractivity contribution in [2.45, 2.75) is 26.3 Å². The van der Waals surface area contributed by atoms with Crippen molar-refractivity contribution in [2.75, 3.05) is 13.1 Å². The number of ketones is 1. The number of likely N-dealkylation sites (tertiary alicyclic amines) is 1. The fourth-order valence-electron chi connectivity index (χ4n) is 3.66. The lowest BCUT2D eigenvalue weighted by Crippen LogP contribution is -2.42.